The molecule has 0 bridgehead atoms. The van der Waals surface area contributed by atoms with Crippen molar-refractivity contribution in [2.24, 2.45) is 5.10 Å². The average Bonchev–Trinajstić information content (AvgIpc) is 2.97. The third-order valence-corrected chi connectivity index (χ3v) is 4.56. The molecule has 2 aromatic rings. The number of rotatable bonds is 4. The number of hydrazone groups is 1. The molecule has 9 nitrogen and oxygen atoms in total. The van der Waals surface area contributed by atoms with Crippen molar-refractivity contribution in [2.45, 2.75) is 0 Å². The van der Waals surface area contributed by atoms with Gasteiger partial charge in [0, 0.05) is 24.3 Å². The fourth-order valence-electron chi connectivity index (χ4n) is 2.16. The molecule has 0 aromatic heterocycles. The summed E-state index contributed by atoms with van der Waals surface area (Å²) in [5.74, 6) is 0.162. The molecule has 0 spiro atoms. The quantitative estimate of drug-likeness (QED) is 0.622. The summed E-state index contributed by atoms with van der Waals surface area (Å²) in [5, 5.41) is 25.6. The SMILES string of the molecule is O=[N+]([O-])c1ccc(C2=NN(c3ccc([N+](=O)[O-])cc3)S(=O)C2)cc1. The van der Waals surface area contributed by atoms with Gasteiger partial charge in [-0.15, -0.1) is 0 Å². The van der Waals surface area contributed by atoms with Gasteiger partial charge in [-0.2, -0.15) is 9.52 Å². The van der Waals surface area contributed by atoms with Crippen LogP contribution in [0.3, 0.4) is 0 Å². The van der Waals surface area contributed by atoms with Crippen LogP contribution in [-0.2, 0) is 11.0 Å². The maximum atomic E-state index is 12.2. The van der Waals surface area contributed by atoms with Gasteiger partial charge in [-0.3, -0.25) is 20.2 Å². The Morgan fingerprint density at radius 2 is 1.42 bits per heavy atom. The Morgan fingerprint density at radius 3 is 1.92 bits per heavy atom. The molecule has 1 heterocycles. The second kappa shape index (κ2) is 6.16. The van der Waals surface area contributed by atoms with Gasteiger partial charge in [0.1, 0.15) is 11.0 Å². The largest absolute Gasteiger partial charge is 0.269 e. The molecule has 1 atom stereocenters. The third-order valence-electron chi connectivity index (χ3n) is 3.36. The average molecular weight is 346 g/mol. The zero-order chi connectivity index (χ0) is 17.3. The first-order valence-corrected chi connectivity index (χ1v) is 7.98. The van der Waals surface area contributed by atoms with Crippen LogP contribution in [0.15, 0.2) is 53.6 Å². The summed E-state index contributed by atoms with van der Waals surface area (Å²) in [7, 11) is -1.45. The summed E-state index contributed by atoms with van der Waals surface area (Å²) in [5.41, 5.74) is 1.53. The fraction of sp³-hybridized carbons (Fsp3) is 0.0714. The summed E-state index contributed by atoms with van der Waals surface area (Å²) >= 11 is 0. The summed E-state index contributed by atoms with van der Waals surface area (Å²) in [6.45, 7) is 0. The van der Waals surface area contributed by atoms with Crippen LogP contribution in [0, 0.1) is 20.2 Å². The second-order valence-corrected chi connectivity index (χ2v) is 6.14. The maximum absolute atomic E-state index is 12.2. The van der Waals surface area contributed by atoms with Crippen LogP contribution in [0.1, 0.15) is 5.56 Å². The van der Waals surface area contributed by atoms with E-state index in [0.717, 1.165) is 0 Å². The highest BCUT2D eigenvalue weighted by Gasteiger charge is 2.25. The Bertz CT molecular complexity index is 864. The van der Waals surface area contributed by atoms with Gasteiger partial charge in [0.05, 0.1) is 27.0 Å². The zero-order valence-corrected chi connectivity index (χ0v) is 12.9. The lowest BCUT2D eigenvalue weighted by molar-refractivity contribution is -0.385. The first kappa shape index (κ1) is 15.7. The molecule has 1 aliphatic rings. The molecule has 0 radical (unpaired) electrons. The minimum atomic E-state index is -1.45. The lowest BCUT2D eigenvalue weighted by Gasteiger charge is -2.11. The molecule has 0 aliphatic carbocycles. The Labute approximate surface area is 138 Å². The summed E-state index contributed by atoms with van der Waals surface area (Å²) < 4.78 is 13.5. The van der Waals surface area contributed by atoms with Crippen molar-refractivity contribution >= 4 is 33.8 Å². The third kappa shape index (κ3) is 2.99. The molecular weight excluding hydrogens is 336 g/mol. The van der Waals surface area contributed by atoms with Crippen LogP contribution >= 0.6 is 0 Å². The number of non-ortho nitro benzene ring substituents is 2. The van der Waals surface area contributed by atoms with Gasteiger partial charge in [0.15, 0.2) is 0 Å². The molecule has 0 fully saturated rings. The van der Waals surface area contributed by atoms with Gasteiger partial charge in [-0.1, -0.05) is 0 Å². The second-order valence-electron chi connectivity index (χ2n) is 4.86. The first-order chi connectivity index (χ1) is 11.5. The van der Waals surface area contributed by atoms with Crippen LogP contribution < -0.4 is 4.41 Å². The van der Waals surface area contributed by atoms with E-state index in [-0.39, 0.29) is 17.1 Å². The first-order valence-electron chi connectivity index (χ1n) is 6.71. The number of nitro benzene ring substituents is 2. The Kier molecular flexibility index (Phi) is 4.04. The van der Waals surface area contributed by atoms with Crippen molar-refractivity contribution in [3.05, 3.63) is 74.3 Å². The highest BCUT2D eigenvalue weighted by Crippen LogP contribution is 2.25. The summed E-state index contributed by atoms with van der Waals surface area (Å²) in [6.07, 6.45) is 0. The monoisotopic (exact) mass is 346 g/mol. The van der Waals surface area contributed by atoms with Crippen molar-refractivity contribution in [2.75, 3.05) is 10.2 Å². The topological polar surface area (TPSA) is 119 Å². The Morgan fingerprint density at radius 1 is 0.917 bits per heavy atom. The predicted molar refractivity (Wildman–Crippen MR) is 88.2 cm³/mol. The lowest BCUT2D eigenvalue weighted by atomic mass is 10.1. The van der Waals surface area contributed by atoms with Gasteiger partial charge in [-0.05, 0) is 29.8 Å². The number of nitrogens with zero attached hydrogens (tertiary/aromatic N) is 4. The van der Waals surface area contributed by atoms with Gasteiger partial charge in [-0.25, -0.2) is 4.21 Å². The van der Waals surface area contributed by atoms with E-state index in [1.54, 1.807) is 12.1 Å². The zero-order valence-electron chi connectivity index (χ0n) is 12.1. The van der Waals surface area contributed by atoms with E-state index in [0.29, 0.717) is 17.0 Å². The van der Waals surface area contributed by atoms with Crippen molar-refractivity contribution in [3.8, 4) is 0 Å². The van der Waals surface area contributed by atoms with Crippen LogP contribution in [0.5, 0.6) is 0 Å². The van der Waals surface area contributed by atoms with Crippen molar-refractivity contribution in [1.29, 1.82) is 0 Å². The Balaban J connectivity index is 1.87. The number of benzene rings is 2. The summed E-state index contributed by atoms with van der Waals surface area (Å²) in [4.78, 5) is 20.3. The van der Waals surface area contributed by atoms with E-state index in [9.17, 15) is 24.4 Å². The minimum Gasteiger partial charge on any atom is -0.258 e. The molecule has 1 unspecified atom stereocenters. The van der Waals surface area contributed by atoms with Crippen LogP contribution in [0.2, 0.25) is 0 Å². The molecule has 3 rings (SSSR count). The smallest absolute Gasteiger partial charge is 0.258 e. The molecule has 2 aromatic carbocycles. The van der Waals surface area contributed by atoms with Gasteiger partial charge in [0.2, 0.25) is 0 Å². The highest BCUT2D eigenvalue weighted by atomic mass is 32.2. The standard InChI is InChI=1S/C14H10N4O5S/c19-17(20)12-3-1-10(2-4-12)14-9-24(23)16(15-14)11-5-7-13(8-6-11)18(21)22/h1-8H,9H2. The van der Waals surface area contributed by atoms with Crippen molar-refractivity contribution in [3.63, 3.8) is 0 Å². The molecular formula is C14H10N4O5S. The summed E-state index contributed by atoms with van der Waals surface area (Å²) in [6, 6.07) is 11.4. The Hall–Kier alpha value is -3.14. The molecule has 10 heteroatoms. The van der Waals surface area contributed by atoms with Crippen LogP contribution in [0.25, 0.3) is 0 Å². The maximum Gasteiger partial charge on any atom is 0.269 e. The minimum absolute atomic E-state index is 0.0364. The van der Waals surface area contributed by atoms with E-state index >= 15 is 0 Å². The predicted octanol–water partition coefficient (Wildman–Crippen LogP) is 2.39. The van der Waals surface area contributed by atoms with Crippen molar-refractivity contribution < 1.29 is 14.1 Å². The van der Waals surface area contributed by atoms with Crippen LogP contribution in [0.4, 0.5) is 17.1 Å². The van der Waals surface area contributed by atoms with E-state index < -0.39 is 20.8 Å². The number of nitro groups is 2. The number of hydrogen-bond acceptors (Lipinski definition) is 6. The molecule has 0 N–H and O–H groups in total. The van der Waals surface area contributed by atoms with E-state index in [1.165, 1.54) is 40.8 Å². The lowest BCUT2D eigenvalue weighted by Crippen LogP contribution is -2.15. The number of anilines is 1. The molecule has 0 saturated heterocycles. The molecule has 1 aliphatic heterocycles. The van der Waals surface area contributed by atoms with Crippen molar-refractivity contribution in [1.82, 2.24) is 0 Å². The highest BCUT2D eigenvalue weighted by molar-refractivity contribution is 7.87. The molecule has 122 valence electrons. The molecule has 0 amide bonds. The van der Waals surface area contributed by atoms with Gasteiger partial charge < -0.3 is 0 Å². The number of hydrogen-bond donors (Lipinski definition) is 0. The van der Waals surface area contributed by atoms with E-state index in [2.05, 4.69) is 5.10 Å². The van der Waals surface area contributed by atoms with E-state index in [4.69, 9.17) is 0 Å². The van der Waals surface area contributed by atoms with Gasteiger partial charge in [0.25, 0.3) is 11.4 Å². The van der Waals surface area contributed by atoms with Gasteiger partial charge >= 0.3 is 0 Å². The van der Waals surface area contributed by atoms with E-state index in [1.807, 2.05) is 0 Å². The normalized spacial score (nSPS) is 16.8. The fourth-order valence-corrected chi connectivity index (χ4v) is 3.28. The molecule has 0 saturated carbocycles. The molecule has 24 heavy (non-hydrogen) atoms. The van der Waals surface area contributed by atoms with Crippen LogP contribution in [-0.4, -0.2) is 25.5 Å².